The summed E-state index contributed by atoms with van der Waals surface area (Å²) in [7, 11) is 0. The lowest BCUT2D eigenvalue weighted by Crippen LogP contribution is -2.05. The number of ether oxygens (including phenoxy) is 1. The molecule has 0 amide bonds. The van der Waals surface area contributed by atoms with Crippen molar-refractivity contribution in [2.45, 2.75) is 19.9 Å². The van der Waals surface area contributed by atoms with E-state index in [0.29, 0.717) is 5.00 Å². The lowest BCUT2D eigenvalue weighted by molar-refractivity contribution is 0.0533. The molecule has 0 saturated carbocycles. The Morgan fingerprint density at radius 2 is 2.48 bits per heavy atom. The first-order chi connectivity index (χ1) is 10.1. The summed E-state index contributed by atoms with van der Waals surface area (Å²) in [6.07, 6.45) is 3.44. The van der Waals surface area contributed by atoms with E-state index in [1.807, 2.05) is 13.0 Å². The monoisotopic (exact) mass is 305 g/mol. The standard InChI is InChI=1S/C13H15N5O2S/c1-3-20-13(19)11-10(15)9(4-14)12(21-11)18-7(2)8-5-16-17-6-8/h5-7,18H,3,15H2,1-2H3,(H,16,17). The molecule has 0 radical (unpaired) electrons. The van der Waals surface area contributed by atoms with Crippen molar-refractivity contribution in [1.82, 2.24) is 10.2 Å². The molecule has 0 fully saturated rings. The molecule has 0 aliphatic carbocycles. The van der Waals surface area contributed by atoms with Crippen molar-refractivity contribution < 1.29 is 9.53 Å². The fourth-order valence-electron chi connectivity index (χ4n) is 1.78. The van der Waals surface area contributed by atoms with Crippen LogP contribution >= 0.6 is 11.3 Å². The number of aromatic nitrogens is 2. The number of rotatable bonds is 5. The Hall–Kier alpha value is -2.53. The molecule has 1 unspecified atom stereocenters. The molecule has 7 nitrogen and oxygen atoms in total. The maximum Gasteiger partial charge on any atom is 0.350 e. The summed E-state index contributed by atoms with van der Waals surface area (Å²) in [4.78, 5) is 12.1. The van der Waals surface area contributed by atoms with Gasteiger partial charge in [-0.3, -0.25) is 5.10 Å². The molecule has 4 N–H and O–H groups in total. The average molecular weight is 305 g/mol. The number of nitriles is 1. The van der Waals surface area contributed by atoms with E-state index >= 15 is 0 Å². The number of carbonyl (C=O) groups excluding carboxylic acids is 1. The molecule has 0 saturated heterocycles. The zero-order chi connectivity index (χ0) is 15.4. The number of anilines is 2. The van der Waals surface area contributed by atoms with Crippen molar-refractivity contribution in [2.24, 2.45) is 0 Å². The molecule has 0 spiro atoms. The maximum absolute atomic E-state index is 11.8. The van der Waals surface area contributed by atoms with E-state index in [-0.39, 0.29) is 28.8 Å². The number of esters is 1. The van der Waals surface area contributed by atoms with Gasteiger partial charge in [-0.2, -0.15) is 10.4 Å². The number of nitrogens with two attached hydrogens (primary N) is 1. The van der Waals surface area contributed by atoms with E-state index in [2.05, 4.69) is 15.5 Å². The van der Waals surface area contributed by atoms with E-state index in [9.17, 15) is 10.1 Å². The number of nitrogen functional groups attached to an aromatic ring is 1. The molecule has 110 valence electrons. The van der Waals surface area contributed by atoms with Crippen molar-refractivity contribution in [3.63, 3.8) is 0 Å². The largest absolute Gasteiger partial charge is 0.462 e. The number of hydrogen-bond donors (Lipinski definition) is 3. The molecule has 2 rings (SSSR count). The second kappa shape index (κ2) is 6.28. The molecular weight excluding hydrogens is 290 g/mol. The SMILES string of the molecule is CCOC(=O)c1sc(NC(C)c2cn[nH]c2)c(C#N)c1N. The van der Waals surface area contributed by atoms with E-state index in [1.54, 1.807) is 19.3 Å². The van der Waals surface area contributed by atoms with Gasteiger partial charge in [0.15, 0.2) is 0 Å². The third kappa shape index (κ3) is 2.98. The van der Waals surface area contributed by atoms with Gasteiger partial charge >= 0.3 is 5.97 Å². The highest BCUT2D eigenvalue weighted by Crippen LogP contribution is 2.37. The number of aromatic amines is 1. The predicted octanol–water partition coefficient (Wildman–Crippen LogP) is 2.27. The zero-order valence-corrected chi connectivity index (χ0v) is 12.5. The van der Waals surface area contributed by atoms with Crippen LogP contribution in [-0.2, 0) is 4.74 Å². The minimum absolute atomic E-state index is 0.0797. The van der Waals surface area contributed by atoms with Crippen LogP contribution in [0.3, 0.4) is 0 Å². The van der Waals surface area contributed by atoms with Gasteiger partial charge in [0.05, 0.1) is 24.5 Å². The topological polar surface area (TPSA) is 117 Å². The Morgan fingerprint density at radius 1 is 1.71 bits per heavy atom. The normalized spacial score (nSPS) is 11.7. The number of hydrogen-bond acceptors (Lipinski definition) is 7. The van der Waals surface area contributed by atoms with Crippen LogP contribution in [0.15, 0.2) is 12.4 Å². The van der Waals surface area contributed by atoms with E-state index < -0.39 is 5.97 Å². The van der Waals surface area contributed by atoms with E-state index in [4.69, 9.17) is 10.5 Å². The molecule has 2 aromatic rings. The Morgan fingerprint density at radius 3 is 3.05 bits per heavy atom. The first kappa shape index (κ1) is 14.9. The fraction of sp³-hybridized carbons (Fsp3) is 0.308. The van der Waals surface area contributed by atoms with Crippen LogP contribution in [0.1, 0.15) is 40.7 Å². The maximum atomic E-state index is 11.8. The first-order valence-electron chi connectivity index (χ1n) is 6.33. The highest BCUT2D eigenvalue weighted by Gasteiger charge is 2.23. The second-order valence-corrected chi connectivity index (χ2v) is 5.30. The molecule has 0 aliphatic heterocycles. The molecule has 8 heteroatoms. The summed E-state index contributed by atoms with van der Waals surface area (Å²) in [6, 6.07) is 1.94. The van der Waals surface area contributed by atoms with Crippen molar-refractivity contribution >= 4 is 28.0 Å². The molecule has 0 aliphatic rings. The Labute approximate surface area is 125 Å². The van der Waals surface area contributed by atoms with Gasteiger partial charge in [0.25, 0.3) is 0 Å². The summed E-state index contributed by atoms with van der Waals surface area (Å²) < 4.78 is 4.94. The molecular formula is C13H15N5O2S. The van der Waals surface area contributed by atoms with E-state index in [0.717, 1.165) is 16.9 Å². The van der Waals surface area contributed by atoms with Crippen LogP contribution in [-0.4, -0.2) is 22.8 Å². The van der Waals surface area contributed by atoms with Crippen LogP contribution in [0.5, 0.6) is 0 Å². The van der Waals surface area contributed by atoms with Crippen LogP contribution in [0.25, 0.3) is 0 Å². The highest BCUT2D eigenvalue weighted by atomic mass is 32.1. The van der Waals surface area contributed by atoms with Crippen molar-refractivity contribution in [2.75, 3.05) is 17.7 Å². The number of nitrogens with one attached hydrogen (secondary N) is 2. The van der Waals surface area contributed by atoms with Gasteiger partial charge in [0.2, 0.25) is 0 Å². The minimum atomic E-state index is -0.513. The Kier molecular flexibility index (Phi) is 4.45. The Balaban J connectivity index is 2.29. The quantitative estimate of drug-likeness (QED) is 0.729. The van der Waals surface area contributed by atoms with Gasteiger partial charge < -0.3 is 15.8 Å². The van der Waals surface area contributed by atoms with Crippen LogP contribution < -0.4 is 11.1 Å². The first-order valence-corrected chi connectivity index (χ1v) is 7.14. The third-order valence-corrected chi connectivity index (χ3v) is 4.00. The zero-order valence-electron chi connectivity index (χ0n) is 11.6. The van der Waals surface area contributed by atoms with Gasteiger partial charge in [0, 0.05) is 11.8 Å². The van der Waals surface area contributed by atoms with Crippen LogP contribution in [0, 0.1) is 11.3 Å². The van der Waals surface area contributed by atoms with E-state index in [1.165, 1.54) is 0 Å². The van der Waals surface area contributed by atoms with Crippen LogP contribution in [0.4, 0.5) is 10.7 Å². The van der Waals surface area contributed by atoms with Gasteiger partial charge in [-0.25, -0.2) is 4.79 Å². The second-order valence-electron chi connectivity index (χ2n) is 4.28. The van der Waals surface area contributed by atoms with Crippen molar-refractivity contribution in [3.05, 3.63) is 28.4 Å². The summed E-state index contributed by atoms with van der Waals surface area (Å²) in [5.41, 5.74) is 7.22. The molecule has 2 heterocycles. The Bertz CT molecular complexity index is 672. The fourth-order valence-corrected chi connectivity index (χ4v) is 2.83. The van der Waals surface area contributed by atoms with Crippen molar-refractivity contribution in [3.8, 4) is 6.07 Å². The average Bonchev–Trinajstić information content (AvgIpc) is 3.07. The number of H-pyrrole nitrogens is 1. The van der Waals surface area contributed by atoms with Crippen LogP contribution in [0.2, 0.25) is 0 Å². The number of carbonyl (C=O) groups is 1. The number of thiophene rings is 1. The summed E-state index contributed by atoms with van der Waals surface area (Å²) in [5, 5.41) is 19.6. The summed E-state index contributed by atoms with van der Waals surface area (Å²) >= 11 is 1.12. The van der Waals surface area contributed by atoms with Gasteiger partial charge in [-0.15, -0.1) is 11.3 Å². The summed E-state index contributed by atoms with van der Waals surface area (Å²) in [5.74, 6) is -0.513. The lowest BCUT2D eigenvalue weighted by Gasteiger charge is -2.11. The molecule has 0 aromatic carbocycles. The summed E-state index contributed by atoms with van der Waals surface area (Å²) in [6.45, 7) is 3.89. The molecule has 0 bridgehead atoms. The molecule has 21 heavy (non-hydrogen) atoms. The third-order valence-electron chi connectivity index (χ3n) is 2.88. The highest BCUT2D eigenvalue weighted by molar-refractivity contribution is 7.18. The number of nitrogens with zero attached hydrogens (tertiary/aromatic N) is 2. The van der Waals surface area contributed by atoms with Gasteiger partial charge in [0.1, 0.15) is 21.5 Å². The van der Waals surface area contributed by atoms with Gasteiger partial charge in [-0.05, 0) is 13.8 Å². The molecule has 2 aromatic heterocycles. The lowest BCUT2D eigenvalue weighted by atomic mass is 10.2. The minimum Gasteiger partial charge on any atom is -0.462 e. The molecule has 1 atom stereocenters. The van der Waals surface area contributed by atoms with Gasteiger partial charge in [-0.1, -0.05) is 0 Å². The predicted molar refractivity (Wildman–Crippen MR) is 80.0 cm³/mol. The smallest absolute Gasteiger partial charge is 0.350 e. The van der Waals surface area contributed by atoms with Crippen molar-refractivity contribution in [1.29, 1.82) is 5.26 Å².